The first-order chi connectivity index (χ1) is 18.8. The van der Waals surface area contributed by atoms with Crippen molar-refractivity contribution in [1.29, 1.82) is 0 Å². The molecule has 1 aromatic carbocycles. The van der Waals surface area contributed by atoms with Crippen LogP contribution in [-0.2, 0) is 15.7 Å². The second-order valence-electron chi connectivity index (χ2n) is 13.1. The molecule has 1 aliphatic carbocycles. The summed E-state index contributed by atoms with van der Waals surface area (Å²) in [4.78, 5) is 44.4. The SMILES string of the molecule is CC(C)N(C(=O)c1cc2c(cc1C(F)(F)F)OC(C)(C)C(=O)N2CCN)C1CC12CCCN(C(=O)OC(C)(C)C)C2. The van der Waals surface area contributed by atoms with Crippen molar-refractivity contribution in [1.82, 2.24) is 9.80 Å². The minimum atomic E-state index is -4.85. The predicted octanol–water partition coefficient (Wildman–Crippen LogP) is 4.81. The summed E-state index contributed by atoms with van der Waals surface area (Å²) in [5.74, 6) is -1.37. The lowest BCUT2D eigenvalue weighted by Gasteiger charge is -2.40. The molecule has 12 heteroatoms. The third-order valence-corrected chi connectivity index (χ3v) is 7.94. The number of benzene rings is 1. The number of carbonyl (C=O) groups is 3. The lowest BCUT2D eigenvalue weighted by Crippen LogP contribution is -2.54. The van der Waals surface area contributed by atoms with Crippen LogP contribution in [0.1, 0.15) is 83.7 Å². The molecule has 228 valence electrons. The minimum absolute atomic E-state index is 0.0533. The summed E-state index contributed by atoms with van der Waals surface area (Å²) in [5.41, 5.74) is 1.64. The Kier molecular flexibility index (Phi) is 7.81. The Balaban J connectivity index is 1.71. The number of nitrogens with two attached hydrogens (primary N) is 1. The Morgan fingerprint density at radius 3 is 2.44 bits per heavy atom. The summed E-state index contributed by atoms with van der Waals surface area (Å²) in [6.45, 7) is 12.8. The summed E-state index contributed by atoms with van der Waals surface area (Å²) in [7, 11) is 0. The van der Waals surface area contributed by atoms with Gasteiger partial charge in [0.15, 0.2) is 5.60 Å². The van der Waals surface area contributed by atoms with Crippen LogP contribution in [0.5, 0.6) is 5.75 Å². The Morgan fingerprint density at radius 1 is 1.22 bits per heavy atom. The number of alkyl halides is 3. The van der Waals surface area contributed by atoms with E-state index in [9.17, 15) is 27.6 Å². The third kappa shape index (κ3) is 5.98. The largest absolute Gasteiger partial charge is 0.476 e. The highest BCUT2D eigenvalue weighted by molar-refractivity contribution is 6.05. The Hall–Kier alpha value is -3.02. The van der Waals surface area contributed by atoms with Gasteiger partial charge >= 0.3 is 12.3 Å². The summed E-state index contributed by atoms with van der Waals surface area (Å²) in [6, 6.07) is 1.15. The van der Waals surface area contributed by atoms with Crippen LogP contribution in [-0.4, -0.2) is 77.2 Å². The molecule has 41 heavy (non-hydrogen) atoms. The number of carbonyl (C=O) groups excluding carboxylic acids is 3. The zero-order valence-corrected chi connectivity index (χ0v) is 24.9. The number of amides is 3. The molecule has 2 N–H and O–H groups in total. The van der Waals surface area contributed by atoms with E-state index in [0.29, 0.717) is 25.9 Å². The highest BCUT2D eigenvalue weighted by Gasteiger charge is 2.61. The topological polar surface area (TPSA) is 105 Å². The molecule has 0 radical (unpaired) electrons. The van der Waals surface area contributed by atoms with Crippen LogP contribution in [0.4, 0.5) is 23.7 Å². The van der Waals surface area contributed by atoms with Gasteiger partial charge in [0, 0.05) is 43.7 Å². The van der Waals surface area contributed by atoms with Crippen molar-refractivity contribution in [2.24, 2.45) is 11.1 Å². The molecule has 1 aromatic rings. The van der Waals surface area contributed by atoms with Crippen LogP contribution in [0, 0.1) is 5.41 Å². The van der Waals surface area contributed by atoms with Crippen LogP contribution < -0.4 is 15.4 Å². The van der Waals surface area contributed by atoms with Crippen molar-refractivity contribution < 1.29 is 37.0 Å². The molecule has 2 fully saturated rings. The van der Waals surface area contributed by atoms with Gasteiger partial charge in [0.1, 0.15) is 11.4 Å². The number of piperidine rings is 1. The maximum atomic E-state index is 14.4. The Bertz CT molecular complexity index is 1230. The summed E-state index contributed by atoms with van der Waals surface area (Å²) in [5, 5.41) is 0. The van der Waals surface area contributed by atoms with Gasteiger partial charge in [-0.3, -0.25) is 9.59 Å². The zero-order chi connectivity index (χ0) is 30.7. The molecule has 0 bridgehead atoms. The number of hydrogen-bond donors (Lipinski definition) is 1. The van der Waals surface area contributed by atoms with Crippen LogP contribution in [0.3, 0.4) is 0 Å². The highest BCUT2D eigenvalue weighted by Crippen LogP contribution is 2.56. The van der Waals surface area contributed by atoms with E-state index in [4.69, 9.17) is 15.2 Å². The monoisotopic (exact) mass is 582 g/mol. The molecule has 1 saturated heterocycles. The molecule has 2 unspecified atom stereocenters. The number of hydrogen-bond acceptors (Lipinski definition) is 6. The number of ether oxygens (including phenoxy) is 2. The van der Waals surface area contributed by atoms with Crippen molar-refractivity contribution in [2.75, 3.05) is 31.1 Å². The lowest BCUT2D eigenvalue weighted by atomic mass is 9.93. The van der Waals surface area contributed by atoms with Crippen molar-refractivity contribution in [2.45, 2.75) is 97.2 Å². The smallest absolute Gasteiger partial charge is 0.417 e. The molecule has 0 aromatic heterocycles. The first kappa shape index (κ1) is 30.9. The van der Waals surface area contributed by atoms with Crippen LogP contribution >= 0.6 is 0 Å². The third-order valence-electron chi connectivity index (χ3n) is 7.94. The van der Waals surface area contributed by atoms with Crippen LogP contribution in [0.15, 0.2) is 12.1 Å². The van der Waals surface area contributed by atoms with Crippen molar-refractivity contribution in [3.63, 3.8) is 0 Å². The van der Waals surface area contributed by atoms with Gasteiger partial charge in [-0.15, -0.1) is 0 Å². The van der Waals surface area contributed by atoms with E-state index in [0.717, 1.165) is 18.6 Å². The second kappa shape index (κ2) is 10.4. The summed E-state index contributed by atoms with van der Waals surface area (Å²) in [6.07, 6.45) is -3.28. The van der Waals surface area contributed by atoms with Gasteiger partial charge in [-0.2, -0.15) is 13.2 Å². The second-order valence-corrected chi connectivity index (χ2v) is 13.1. The standard InChI is InChI=1S/C29H41F3N4O5/c1-17(2)36(22-15-28(22)9-8-11-34(16-28)25(39)41-26(3,4)5)23(37)18-13-20-21(14-19(18)29(30,31)32)40-27(6,7)24(38)35(20)12-10-33/h13-14,17,22H,8-12,15-16,33H2,1-7H3. The molecule has 2 heterocycles. The van der Waals surface area contributed by atoms with Crippen LogP contribution in [0.25, 0.3) is 0 Å². The molecule has 4 rings (SSSR count). The fourth-order valence-electron chi connectivity index (χ4n) is 6.05. The van der Waals surface area contributed by atoms with Gasteiger partial charge in [0.25, 0.3) is 11.8 Å². The first-order valence-corrected chi connectivity index (χ1v) is 14.1. The van der Waals surface area contributed by atoms with Gasteiger partial charge in [-0.25, -0.2) is 4.79 Å². The number of nitrogens with zero attached hydrogens (tertiary/aromatic N) is 3. The first-order valence-electron chi connectivity index (χ1n) is 14.1. The molecule has 3 aliphatic rings. The zero-order valence-electron chi connectivity index (χ0n) is 24.9. The van der Waals surface area contributed by atoms with Gasteiger partial charge < -0.3 is 29.9 Å². The van der Waals surface area contributed by atoms with E-state index < -0.39 is 57.9 Å². The van der Waals surface area contributed by atoms with Crippen molar-refractivity contribution in [3.05, 3.63) is 23.3 Å². The number of halogens is 3. The van der Waals surface area contributed by atoms with Gasteiger partial charge in [-0.05, 0) is 79.9 Å². The molecular formula is C29H41F3N4O5. The van der Waals surface area contributed by atoms with Gasteiger partial charge in [0.05, 0.1) is 16.8 Å². The fourth-order valence-corrected chi connectivity index (χ4v) is 6.05. The number of rotatable bonds is 5. The number of likely N-dealkylation sites (tertiary alicyclic amines) is 1. The molecule has 9 nitrogen and oxygen atoms in total. The highest BCUT2D eigenvalue weighted by atomic mass is 19.4. The lowest BCUT2D eigenvalue weighted by molar-refractivity contribution is -0.138. The molecule has 1 saturated carbocycles. The molecular weight excluding hydrogens is 541 g/mol. The summed E-state index contributed by atoms with van der Waals surface area (Å²) < 4.78 is 54.5. The van der Waals surface area contributed by atoms with E-state index >= 15 is 0 Å². The molecule has 1 spiro atoms. The minimum Gasteiger partial charge on any atom is -0.476 e. The van der Waals surface area contributed by atoms with Crippen LogP contribution in [0.2, 0.25) is 0 Å². The quantitative estimate of drug-likeness (QED) is 0.535. The van der Waals surface area contributed by atoms with E-state index in [1.165, 1.54) is 23.6 Å². The molecule has 2 atom stereocenters. The van der Waals surface area contributed by atoms with E-state index in [1.807, 2.05) is 0 Å². The van der Waals surface area contributed by atoms with Crippen molar-refractivity contribution >= 4 is 23.6 Å². The van der Waals surface area contributed by atoms with E-state index in [2.05, 4.69) is 0 Å². The Morgan fingerprint density at radius 2 is 1.88 bits per heavy atom. The number of anilines is 1. The molecule has 2 aliphatic heterocycles. The maximum Gasteiger partial charge on any atom is 0.417 e. The normalized spacial score (nSPS) is 23.8. The fraction of sp³-hybridized carbons (Fsp3) is 0.690. The maximum absolute atomic E-state index is 14.4. The summed E-state index contributed by atoms with van der Waals surface area (Å²) >= 11 is 0. The van der Waals surface area contributed by atoms with Gasteiger partial charge in [-0.1, -0.05) is 0 Å². The van der Waals surface area contributed by atoms with Gasteiger partial charge in [0.2, 0.25) is 0 Å². The average molecular weight is 583 g/mol. The predicted molar refractivity (Wildman–Crippen MR) is 147 cm³/mol. The van der Waals surface area contributed by atoms with E-state index in [1.54, 1.807) is 39.5 Å². The molecule has 3 amide bonds. The Labute approximate surface area is 239 Å². The number of fused-ring (bicyclic) bond motifs is 1. The van der Waals surface area contributed by atoms with Crippen molar-refractivity contribution in [3.8, 4) is 5.75 Å². The van der Waals surface area contributed by atoms with E-state index in [-0.39, 0.29) is 30.6 Å². The average Bonchev–Trinajstić information content (AvgIpc) is 3.50.